The van der Waals surface area contributed by atoms with Gasteiger partial charge in [-0.3, -0.25) is 14.4 Å². The van der Waals surface area contributed by atoms with Crippen LogP contribution in [-0.2, 0) is 23.9 Å². The molecule has 0 saturated carbocycles. The van der Waals surface area contributed by atoms with Crippen LogP contribution in [0.1, 0.15) is 136 Å². The summed E-state index contributed by atoms with van der Waals surface area (Å²) in [4.78, 5) is 46.9. The summed E-state index contributed by atoms with van der Waals surface area (Å²) in [6.45, 7) is 3.30. The van der Waals surface area contributed by atoms with E-state index in [1.807, 2.05) is 6.08 Å². The van der Waals surface area contributed by atoms with Crippen molar-refractivity contribution in [1.29, 1.82) is 0 Å². The number of hydrogen-bond acceptors (Lipinski definition) is 6. The minimum atomic E-state index is -1.39. The number of carbonyl (C=O) groups excluding carboxylic acids is 3. The molecular formula is C33H58N2O7. The summed E-state index contributed by atoms with van der Waals surface area (Å²) >= 11 is 0. The fourth-order valence-electron chi connectivity index (χ4n) is 4.29. The van der Waals surface area contributed by atoms with Crippen molar-refractivity contribution in [2.75, 3.05) is 13.2 Å². The van der Waals surface area contributed by atoms with Crippen LogP contribution in [0.4, 0.5) is 0 Å². The molecule has 2 atom stereocenters. The van der Waals surface area contributed by atoms with E-state index in [1.165, 1.54) is 32.1 Å². The van der Waals surface area contributed by atoms with E-state index in [0.29, 0.717) is 12.8 Å². The summed E-state index contributed by atoms with van der Waals surface area (Å²) in [5, 5.41) is 22.4. The molecule has 0 heterocycles. The van der Waals surface area contributed by atoms with Crippen LogP contribution in [0.3, 0.4) is 0 Å². The van der Waals surface area contributed by atoms with E-state index >= 15 is 0 Å². The Labute approximate surface area is 253 Å². The highest BCUT2D eigenvalue weighted by Crippen LogP contribution is 2.14. The molecule has 2 unspecified atom stereocenters. The first kappa shape index (κ1) is 39.3. The van der Waals surface area contributed by atoms with Gasteiger partial charge in [0.25, 0.3) is 0 Å². The molecular weight excluding hydrogens is 536 g/mol. The molecule has 0 spiro atoms. The summed E-state index contributed by atoms with van der Waals surface area (Å²) in [6, 6.07) is -1.39. The van der Waals surface area contributed by atoms with Gasteiger partial charge in [-0.05, 0) is 57.4 Å². The maximum absolute atomic E-state index is 12.5. The molecule has 0 saturated heterocycles. The van der Waals surface area contributed by atoms with Gasteiger partial charge in [0, 0.05) is 12.8 Å². The van der Waals surface area contributed by atoms with Crippen LogP contribution in [0.25, 0.3) is 0 Å². The minimum Gasteiger partial charge on any atom is -0.480 e. The van der Waals surface area contributed by atoms with E-state index in [4.69, 9.17) is 14.9 Å². The summed E-state index contributed by atoms with van der Waals surface area (Å²) < 4.78 is 5.78. The maximum atomic E-state index is 12.5. The number of aliphatic hydroxyl groups excluding tert-OH is 1. The van der Waals surface area contributed by atoms with E-state index in [0.717, 1.165) is 70.6 Å². The molecule has 0 aromatic rings. The fraction of sp³-hybridized carbons (Fsp3) is 0.758. The second-order valence-corrected chi connectivity index (χ2v) is 10.9. The van der Waals surface area contributed by atoms with Gasteiger partial charge in [0.05, 0.1) is 13.2 Å². The lowest BCUT2D eigenvalue weighted by Gasteiger charge is -2.15. The molecule has 0 rings (SSSR count). The number of hydrogen-bond donors (Lipinski definition) is 4. The van der Waals surface area contributed by atoms with E-state index < -0.39 is 24.5 Å². The Morgan fingerprint density at radius 1 is 0.714 bits per heavy atom. The van der Waals surface area contributed by atoms with Crippen molar-refractivity contribution in [1.82, 2.24) is 10.6 Å². The first-order valence-corrected chi connectivity index (χ1v) is 16.2. The molecule has 242 valence electrons. The van der Waals surface area contributed by atoms with Crippen LogP contribution in [0.2, 0.25) is 0 Å². The van der Waals surface area contributed by atoms with Gasteiger partial charge in [-0.2, -0.15) is 0 Å². The number of rotatable bonds is 28. The zero-order chi connectivity index (χ0) is 31.3. The molecule has 0 radical (unpaired) electrons. The molecule has 42 heavy (non-hydrogen) atoms. The normalized spacial score (nSPS) is 12.8. The number of ether oxygens (including phenoxy) is 1. The number of aliphatic carboxylic acids is 1. The molecule has 4 N–H and O–H groups in total. The van der Waals surface area contributed by atoms with Crippen molar-refractivity contribution in [3.05, 3.63) is 24.3 Å². The first-order chi connectivity index (χ1) is 20.3. The Hall–Kier alpha value is -2.68. The van der Waals surface area contributed by atoms with Crippen LogP contribution in [0, 0.1) is 0 Å². The van der Waals surface area contributed by atoms with Gasteiger partial charge in [-0.1, -0.05) is 89.9 Å². The largest absolute Gasteiger partial charge is 0.480 e. The van der Waals surface area contributed by atoms with Crippen molar-refractivity contribution in [3.63, 3.8) is 0 Å². The smallest absolute Gasteiger partial charge is 0.328 e. The average Bonchev–Trinajstić information content (AvgIpc) is 2.97. The SMILES string of the molecule is CCCC/C=C\CCCCCCCC(=O)OC(/C=C\CCCC)CCCCCCC(=O)NCC(=O)NC(CO)C(=O)O. The van der Waals surface area contributed by atoms with Gasteiger partial charge in [0.15, 0.2) is 0 Å². The molecule has 0 aliphatic rings. The number of allylic oxidation sites excluding steroid dienone is 3. The number of esters is 1. The molecule has 0 fully saturated rings. The Morgan fingerprint density at radius 2 is 1.29 bits per heavy atom. The van der Waals surface area contributed by atoms with Crippen LogP contribution in [0.5, 0.6) is 0 Å². The van der Waals surface area contributed by atoms with Crippen LogP contribution < -0.4 is 10.6 Å². The fourth-order valence-corrected chi connectivity index (χ4v) is 4.29. The third-order valence-corrected chi connectivity index (χ3v) is 6.91. The van der Waals surface area contributed by atoms with Crippen LogP contribution in [0.15, 0.2) is 24.3 Å². The van der Waals surface area contributed by atoms with Gasteiger partial charge in [0.1, 0.15) is 12.1 Å². The number of aliphatic hydroxyl groups is 1. The molecule has 0 aromatic heterocycles. The minimum absolute atomic E-state index is 0.131. The van der Waals surface area contributed by atoms with Crippen molar-refractivity contribution in [3.8, 4) is 0 Å². The summed E-state index contributed by atoms with van der Waals surface area (Å²) in [6.07, 6.45) is 26.8. The van der Waals surface area contributed by atoms with Crippen molar-refractivity contribution in [2.45, 2.75) is 148 Å². The Kier molecular flexibility index (Phi) is 26.6. The molecule has 9 heteroatoms. The quantitative estimate of drug-likeness (QED) is 0.0484. The topological polar surface area (TPSA) is 142 Å². The lowest BCUT2D eigenvalue weighted by atomic mass is 10.1. The van der Waals surface area contributed by atoms with Crippen molar-refractivity contribution < 1.29 is 34.1 Å². The summed E-state index contributed by atoms with van der Waals surface area (Å²) in [5.41, 5.74) is 0. The van der Waals surface area contributed by atoms with Gasteiger partial charge < -0.3 is 25.6 Å². The van der Waals surface area contributed by atoms with Gasteiger partial charge in [0.2, 0.25) is 11.8 Å². The number of carboxylic acid groups (broad SMARTS) is 1. The lowest BCUT2D eigenvalue weighted by molar-refractivity contribution is -0.147. The monoisotopic (exact) mass is 594 g/mol. The second kappa shape index (κ2) is 28.4. The lowest BCUT2D eigenvalue weighted by Crippen LogP contribution is -2.47. The Bertz CT molecular complexity index is 782. The van der Waals surface area contributed by atoms with Gasteiger partial charge in [-0.25, -0.2) is 4.79 Å². The molecule has 0 bridgehead atoms. The highest BCUT2D eigenvalue weighted by atomic mass is 16.5. The molecule has 0 aliphatic heterocycles. The maximum Gasteiger partial charge on any atom is 0.328 e. The Balaban J connectivity index is 4.15. The summed E-state index contributed by atoms with van der Waals surface area (Å²) in [7, 11) is 0. The number of carboxylic acids is 1. The highest BCUT2D eigenvalue weighted by Gasteiger charge is 2.18. The van der Waals surface area contributed by atoms with Crippen LogP contribution >= 0.6 is 0 Å². The molecule has 2 amide bonds. The predicted molar refractivity (Wildman–Crippen MR) is 167 cm³/mol. The van der Waals surface area contributed by atoms with E-state index in [2.05, 4.69) is 42.7 Å². The predicted octanol–water partition coefficient (Wildman–Crippen LogP) is 6.14. The summed E-state index contributed by atoms with van der Waals surface area (Å²) in [5.74, 6) is -2.42. The second-order valence-electron chi connectivity index (χ2n) is 10.9. The number of carbonyl (C=O) groups is 4. The highest BCUT2D eigenvalue weighted by molar-refractivity contribution is 5.87. The number of amides is 2. The molecule has 9 nitrogen and oxygen atoms in total. The standard InChI is InChI=1S/C33H58N2O7/c1-3-5-7-9-10-11-12-13-14-15-21-25-32(39)42-28(22-18-8-6-4-2)23-19-16-17-20-24-30(37)34-26-31(38)35-29(27-36)33(40)41/h9-10,18,22,28-29,36H,3-8,11-17,19-21,23-27H2,1-2H3,(H,34,37)(H,35,38)(H,40,41)/b10-9-,22-18-. The zero-order valence-corrected chi connectivity index (χ0v) is 26.2. The number of unbranched alkanes of at least 4 members (excludes halogenated alkanes) is 12. The third kappa shape index (κ3) is 25.1. The van der Waals surface area contributed by atoms with Crippen LogP contribution in [-0.4, -0.2) is 59.3 Å². The molecule has 0 aromatic carbocycles. The molecule has 0 aliphatic carbocycles. The first-order valence-electron chi connectivity index (χ1n) is 16.2. The van der Waals surface area contributed by atoms with Crippen molar-refractivity contribution >= 4 is 23.8 Å². The van der Waals surface area contributed by atoms with Gasteiger partial charge in [-0.15, -0.1) is 0 Å². The Morgan fingerprint density at radius 3 is 1.93 bits per heavy atom. The van der Waals surface area contributed by atoms with Gasteiger partial charge >= 0.3 is 11.9 Å². The number of nitrogens with one attached hydrogen (secondary N) is 2. The van der Waals surface area contributed by atoms with Crippen molar-refractivity contribution in [2.24, 2.45) is 0 Å². The van der Waals surface area contributed by atoms with E-state index in [-0.39, 0.29) is 30.9 Å². The third-order valence-electron chi connectivity index (χ3n) is 6.91. The average molecular weight is 595 g/mol. The van der Waals surface area contributed by atoms with E-state index in [9.17, 15) is 19.2 Å². The van der Waals surface area contributed by atoms with E-state index in [1.54, 1.807) is 0 Å². The zero-order valence-electron chi connectivity index (χ0n) is 26.2.